The van der Waals surface area contributed by atoms with Crippen LogP contribution in [0.25, 0.3) is 0 Å². The Labute approximate surface area is 115 Å². The van der Waals surface area contributed by atoms with Gasteiger partial charge in [0.15, 0.2) is 0 Å². The Morgan fingerprint density at radius 1 is 1.17 bits per heavy atom. The van der Waals surface area contributed by atoms with Gasteiger partial charge in [0.1, 0.15) is 0 Å². The molecule has 0 saturated heterocycles. The minimum absolute atomic E-state index is 0. The van der Waals surface area contributed by atoms with E-state index in [-0.39, 0.29) is 29.9 Å². The van der Waals surface area contributed by atoms with Crippen molar-refractivity contribution in [2.24, 2.45) is 5.73 Å². The van der Waals surface area contributed by atoms with E-state index in [0.29, 0.717) is 5.92 Å². The third-order valence-corrected chi connectivity index (χ3v) is 4.17. The van der Waals surface area contributed by atoms with Gasteiger partial charge in [0, 0.05) is 12.6 Å². The zero-order chi connectivity index (χ0) is 13.1. The van der Waals surface area contributed by atoms with Crippen LogP contribution in [-0.2, 0) is 10.0 Å². The number of halogens is 1. The number of hydrogen-bond acceptors (Lipinski definition) is 3. The molecule has 0 bridgehead atoms. The lowest BCUT2D eigenvalue weighted by Gasteiger charge is -2.12. The maximum absolute atomic E-state index is 11.9. The molecular formula is C12H21ClN2O2S. The summed E-state index contributed by atoms with van der Waals surface area (Å²) < 4.78 is 26.4. The first-order valence-electron chi connectivity index (χ1n) is 5.69. The van der Waals surface area contributed by atoms with Crippen molar-refractivity contribution < 1.29 is 8.42 Å². The van der Waals surface area contributed by atoms with Crippen LogP contribution >= 0.6 is 12.4 Å². The minimum Gasteiger partial charge on any atom is -0.329 e. The van der Waals surface area contributed by atoms with Gasteiger partial charge in [-0.2, -0.15) is 0 Å². The van der Waals surface area contributed by atoms with E-state index in [0.717, 1.165) is 5.56 Å². The third-order valence-electron chi connectivity index (χ3n) is 2.57. The molecule has 0 aliphatic heterocycles. The maximum Gasteiger partial charge on any atom is 0.240 e. The largest absolute Gasteiger partial charge is 0.329 e. The van der Waals surface area contributed by atoms with Gasteiger partial charge in [-0.1, -0.05) is 26.0 Å². The van der Waals surface area contributed by atoms with Crippen LogP contribution in [0.15, 0.2) is 29.2 Å². The van der Waals surface area contributed by atoms with Crippen molar-refractivity contribution in [1.29, 1.82) is 0 Å². The zero-order valence-corrected chi connectivity index (χ0v) is 12.5. The fourth-order valence-electron chi connectivity index (χ4n) is 1.41. The van der Waals surface area contributed by atoms with Gasteiger partial charge in [-0.25, -0.2) is 13.1 Å². The van der Waals surface area contributed by atoms with Crippen LogP contribution < -0.4 is 10.5 Å². The van der Waals surface area contributed by atoms with Gasteiger partial charge in [0.2, 0.25) is 10.0 Å². The molecule has 0 saturated carbocycles. The lowest BCUT2D eigenvalue weighted by molar-refractivity contribution is 0.562. The molecule has 0 aliphatic carbocycles. The van der Waals surface area contributed by atoms with Crippen molar-refractivity contribution >= 4 is 22.4 Å². The summed E-state index contributed by atoms with van der Waals surface area (Å²) in [5.74, 6) is 0.391. The molecule has 0 heterocycles. The summed E-state index contributed by atoms with van der Waals surface area (Å²) in [6.07, 6.45) is 0. The molecule has 0 amide bonds. The summed E-state index contributed by atoms with van der Waals surface area (Å²) in [6, 6.07) is 6.67. The first-order valence-corrected chi connectivity index (χ1v) is 7.17. The molecule has 1 aromatic rings. The number of sulfonamides is 1. The molecule has 0 fully saturated rings. The van der Waals surface area contributed by atoms with E-state index in [9.17, 15) is 8.42 Å². The normalized spacial score (nSPS) is 13.2. The molecule has 6 heteroatoms. The second-order valence-electron chi connectivity index (χ2n) is 4.48. The molecule has 4 nitrogen and oxygen atoms in total. The SMILES string of the molecule is CC(C)c1ccc(S(=O)(=O)N[C@H](C)CN)cc1.Cl. The summed E-state index contributed by atoms with van der Waals surface area (Å²) in [4.78, 5) is 0.280. The van der Waals surface area contributed by atoms with Gasteiger partial charge in [-0.3, -0.25) is 0 Å². The Morgan fingerprint density at radius 2 is 1.67 bits per heavy atom. The van der Waals surface area contributed by atoms with Crippen LogP contribution in [0.1, 0.15) is 32.3 Å². The Hall–Kier alpha value is -0.620. The molecule has 0 aromatic heterocycles. The summed E-state index contributed by atoms with van der Waals surface area (Å²) >= 11 is 0. The van der Waals surface area contributed by atoms with Gasteiger partial charge in [-0.05, 0) is 30.5 Å². The second-order valence-corrected chi connectivity index (χ2v) is 6.20. The van der Waals surface area contributed by atoms with Crippen LogP contribution in [0.2, 0.25) is 0 Å². The molecule has 0 spiro atoms. The average molecular weight is 293 g/mol. The molecule has 1 aromatic carbocycles. The standard InChI is InChI=1S/C12H20N2O2S.ClH/c1-9(2)11-4-6-12(7-5-11)17(15,16)14-10(3)8-13;/h4-7,9-10,14H,8,13H2,1-3H3;1H/t10-;/m1./s1. The highest BCUT2D eigenvalue weighted by molar-refractivity contribution is 7.89. The van der Waals surface area contributed by atoms with Crippen molar-refractivity contribution in [3.05, 3.63) is 29.8 Å². The van der Waals surface area contributed by atoms with E-state index in [1.54, 1.807) is 19.1 Å². The van der Waals surface area contributed by atoms with E-state index in [4.69, 9.17) is 5.73 Å². The van der Waals surface area contributed by atoms with E-state index in [1.165, 1.54) is 0 Å². The predicted molar refractivity (Wildman–Crippen MR) is 76.6 cm³/mol. The van der Waals surface area contributed by atoms with Gasteiger partial charge >= 0.3 is 0 Å². The van der Waals surface area contributed by atoms with E-state index in [2.05, 4.69) is 18.6 Å². The maximum atomic E-state index is 11.9. The van der Waals surface area contributed by atoms with Gasteiger partial charge in [0.05, 0.1) is 4.90 Å². The lowest BCUT2D eigenvalue weighted by Crippen LogP contribution is -2.37. The molecule has 18 heavy (non-hydrogen) atoms. The summed E-state index contributed by atoms with van der Waals surface area (Å²) in [6.45, 7) is 6.15. The fourth-order valence-corrected chi connectivity index (χ4v) is 2.67. The van der Waals surface area contributed by atoms with E-state index in [1.807, 2.05) is 12.1 Å². The zero-order valence-electron chi connectivity index (χ0n) is 10.9. The summed E-state index contributed by atoms with van der Waals surface area (Å²) in [5, 5.41) is 0. The van der Waals surface area contributed by atoms with Gasteiger partial charge in [0.25, 0.3) is 0 Å². The van der Waals surface area contributed by atoms with Crippen molar-refractivity contribution in [2.75, 3.05) is 6.54 Å². The van der Waals surface area contributed by atoms with Crippen LogP contribution in [0.4, 0.5) is 0 Å². The van der Waals surface area contributed by atoms with E-state index < -0.39 is 10.0 Å². The molecule has 3 N–H and O–H groups in total. The number of rotatable bonds is 5. The quantitative estimate of drug-likeness (QED) is 0.870. The number of benzene rings is 1. The summed E-state index contributed by atoms with van der Waals surface area (Å²) in [7, 11) is -3.44. The number of nitrogens with two attached hydrogens (primary N) is 1. The molecule has 0 unspecified atom stereocenters. The molecule has 1 rings (SSSR count). The van der Waals surface area contributed by atoms with Gasteiger partial charge < -0.3 is 5.73 Å². The molecular weight excluding hydrogens is 272 g/mol. The molecule has 1 atom stereocenters. The summed E-state index contributed by atoms with van der Waals surface area (Å²) in [5.41, 5.74) is 6.52. The first-order chi connectivity index (χ1) is 7.86. The highest BCUT2D eigenvalue weighted by Gasteiger charge is 2.16. The number of hydrogen-bond donors (Lipinski definition) is 2. The van der Waals surface area contributed by atoms with Crippen LogP contribution in [0.3, 0.4) is 0 Å². The van der Waals surface area contributed by atoms with Crippen molar-refractivity contribution in [3.8, 4) is 0 Å². The van der Waals surface area contributed by atoms with Crippen LogP contribution in [0, 0.1) is 0 Å². The highest BCUT2D eigenvalue weighted by atomic mass is 35.5. The van der Waals surface area contributed by atoms with Crippen molar-refractivity contribution in [3.63, 3.8) is 0 Å². The Bertz CT molecular complexity index is 457. The monoisotopic (exact) mass is 292 g/mol. The predicted octanol–water partition coefficient (Wildman–Crippen LogP) is 1.86. The fraction of sp³-hybridized carbons (Fsp3) is 0.500. The Morgan fingerprint density at radius 3 is 2.06 bits per heavy atom. The van der Waals surface area contributed by atoms with Crippen molar-refractivity contribution in [2.45, 2.75) is 37.6 Å². The third kappa shape index (κ3) is 4.57. The highest BCUT2D eigenvalue weighted by Crippen LogP contribution is 2.17. The molecule has 0 aliphatic rings. The number of nitrogens with one attached hydrogen (secondary N) is 1. The Balaban J connectivity index is 0.00000289. The smallest absolute Gasteiger partial charge is 0.240 e. The minimum atomic E-state index is -3.44. The van der Waals surface area contributed by atoms with E-state index >= 15 is 0 Å². The van der Waals surface area contributed by atoms with Gasteiger partial charge in [-0.15, -0.1) is 12.4 Å². The molecule has 104 valence electrons. The Kier molecular flexibility index (Phi) is 6.84. The van der Waals surface area contributed by atoms with Crippen LogP contribution in [-0.4, -0.2) is 21.0 Å². The van der Waals surface area contributed by atoms with Crippen LogP contribution in [0.5, 0.6) is 0 Å². The second kappa shape index (κ2) is 7.09. The lowest BCUT2D eigenvalue weighted by atomic mass is 10.0. The first kappa shape index (κ1) is 17.4. The topological polar surface area (TPSA) is 72.2 Å². The molecule has 0 radical (unpaired) electrons. The van der Waals surface area contributed by atoms with Crippen molar-refractivity contribution in [1.82, 2.24) is 4.72 Å². The average Bonchev–Trinajstić information content (AvgIpc) is 2.28.